The predicted molar refractivity (Wildman–Crippen MR) is 90.1 cm³/mol. The third-order valence-corrected chi connectivity index (χ3v) is 4.37. The van der Waals surface area contributed by atoms with Crippen LogP contribution in [0.5, 0.6) is 5.75 Å². The number of hydrogen-bond acceptors (Lipinski definition) is 4. The van der Waals surface area contributed by atoms with Crippen molar-refractivity contribution in [3.05, 3.63) is 34.8 Å². The average Bonchev–Trinajstić information content (AvgIpc) is 2.94. The van der Waals surface area contributed by atoms with Crippen molar-refractivity contribution in [3.63, 3.8) is 0 Å². The van der Waals surface area contributed by atoms with Crippen LogP contribution in [-0.2, 0) is 13.0 Å². The monoisotopic (exact) mass is 304 g/mol. The lowest BCUT2D eigenvalue weighted by Gasteiger charge is -2.04. The molecule has 1 aromatic carbocycles. The summed E-state index contributed by atoms with van der Waals surface area (Å²) in [6, 6.07) is 8.25. The fourth-order valence-electron chi connectivity index (χ4n) is 2.07. The van der Waals surface area contributed by atoms with Crippen LogP contribution in [0.15, 0.2) is 24.3 Å². The number of ether oxygens (including phenoxy) is 1. The molecule has 0 amide bonds. The first-order valence-electron chi connectivity index (χ1n) is 7.71. The average molecular weight is 304 g/mol. The van der Waals surface area contributed by atoms with Crippen LogP contribution < -0.4 is 10.1 Å². The molecule has 0 aliphatic rings. The summed E-state index contributed by atoms with van der Waals surface area (Å²) < 4.78 is 5.62. The normalized spacial score (nSPS) is 10.8. The molecule has 0 saturated heterocycles. The van der Waals surface area contributed by atoms with Crippen LogP contribution in [0.25, 0.3) is 10.6 Å². The summed E-state index contributed by atoms with van der Waals surface area (Å²) in [5.41, 5.74) is 2.38. The number of benzene rings is 1. The van der Waals surface area contributed by atoms with E-state index >= 15 is 0 Å². The Bertz CT molecular complexity index is 548. The standard InChI is InChI=1S/C17H24N2OS/c1-4-11-20-14-9-7-13(8-10-14)17-19-15(5-2)16(21-17)12-18-6-3/h7-10,18H,4-6,11-12H2,1-3H3. The van der Waals surface area contributed by atoms with Gasteiger partial charge < -0.3 is 10.1 Å². The maximum Gasteiger partial charge on any atom is 0.123 e. The third-order valence-electron chi connectivity index (χ3n) is 3.22. The number of nitrogens with one attached hydrogen (secondary N) is 1. The van der Waals surface area contributed by atoms with Gasteiger partial charge in [0.05, 0.1) is 12.3 Å². The first-order chi connectivity index (χ1) is 10.3. The van der Waals surface area contributed by atoms with Crippen molar-refractivity contribution in [3.8, 4) is 16.3 Å². The van der Waals surface area contributed by atoms with E-state index in [0.29, 0.717) is 0 Å². The Kier molecular flexibility index (Phi) is 6.21. The van der Waals surface area contributed by atoms with E-state index in [2.05, 4.69) is 38.2 Å². The highest BCUT2D eigenvalue weighted by atomic mass is 32.1. The van der Waals surface area contributed by atoms with Gasteiger partial charge in [0.2, 0.25) is 0 Å². The minimum Gasteiger partial charge on any atom is -0.494 e. The topological polar surface area (TPSA) is 34.1 Å². The molecule has 2 aromatic rings. The Morgan fingerprint density at radius 1 is 1.14 bits per heavy atom. The lowest BCUT2D eigenvalue weighted by Crippen LogP contribution is -2.11. The molecule has 0 aliphatic heterocycles. The van der Waals surface area contributed by atoms with Gasteiger partial charge in [-0.2, -0.15) is 0 Å². The van der Waals surface area contributed by atoms with E-state index in [1.807, 2.05) is 12.1 Å². The van der Waals surface area contributed by atoms with Crippen molar-refractivity contribution in [2.75, 3.05) is 13.2 Å². The summed E-state index contributed by atoms with van der Waals surface area (Å²) >= 11 is 1.79. The summed E-state index contributed by atoms with van der Waals surface area (Å²) in [6.07, 6.45) is 2.01. The van der Waals surface area contributed by atoms with Gasteiger partial charge in [-0.3, -0.25) is 0 Å². The molecule has 1 heterocycles. The molecule has 3 nitrogen and oxygen atoms in total. The Balaban J connectivity index is 2.15. The zero-order valence-electron chi connectivity index (χ0n) is 13.1. The van der Waals surface area contributed by atoms with E-state index in [0.717, 1.165) is 43.3 Å². The first-order valence-corrected chi connectivity index (χ1v) is 8.52. The van der Waals surface area contributed by atoms with E-state index in [9.17, 15) is 0 Å². The SMILES string of the molecule is CCCOc1ccc(-c2nc(CC)c(CNCC)s2)cc1. The Morgan fingerprint density at radius 3 is 2.52 bits per heavy atom. The molecule has 0 fully saturated rings. The van der Waals surface area contributed by atoms with E-state index in [-0.39, 0.29) is 0 Å². The van der Waals surface area contributed by atoms with E-state index in [1.165, 1.54) is 16.1 Å². The number of thiazole rings is 1. The third kappa shape index (κ3) is 4.29. The van der Waals surface area contributed by atoms with Crippen molar-refractivity contribution >= 4 is 11.3 Å². The Hall–Kier alpha value is -1.39. The second-order valence-corrected chi connectivity index (χ2v) is 5.98. The summed E-state index contributed by atoms with van der Waals surface area (Å²) in [7, 11) is 0. The molecule has 0 saturated carbocycles. The number of nitrogens with zero attached hydrogens (tertiary/aromatic N) is 1. The van der Waals surface area contributed by atoms with E-state index in [4.69, 9.17) is 9.72 Å². The Labute approximate surface area is 131 Å². The fourth-order valence-corrected chi connectivity index (χ4v) is 3.20. The van der Waals surface area contributed by atoms with Gasteiger partial charge in [0.25, 0.3) is 0 Å². The van der Waals surface area contributed by atoms with Crippen LogP contribution in [0.4, 0.5) is 0 Å². The molecule has 1 N–H and O–H groups in total. The van der Waals surface area contributed by atoms with Gasteiger partial charge in [0.1, 0.15) is 10.8 Å². The zero-order valence-corrected chi connectivity index (χ0v) is 13.9. The molecule has 21 heavy (non-hydrogen) atoms. The van der Waals surface area contributed by atoms with E-state index < -0.39 is 0 Å². The largest absolute Gasteiger partial charge is 0.494 e. The quantitative estimate of drug-likeness (QED) is 0.791. The van der Waals surface area contributed by atoms with Crippen molar-refractivity contribution in [1.82, 2.24) is 10.3 Å². The Morgan fingerprint density at radius 2 is 1.90 bits per heavy atom. The van der Waals surface area contributed by atoms with Gasteiger partial charge in [-0.1, -0.05) is 20.8 Å². The summed E-state index contributed by atoms with van der Waals surface area (Å²) in [4.78, 5) is 6.13. The highest BCUT2D eigenvalue weighted by Crippen LogP contribution is 2.29. The van der Waals surface area contributed by atoms with E-state index in [1.54, 1.807) is 11.3 Å². The number of hydrogen-bond donors (Lipinski definition) is 1. The van der Waals surface area contributed by atoms with Crippen molar-refractivity contribution in [2.24, 2.45) is 0 Å². The molecule has 0 unspecified atom stereocenters. The molecular weight excluding hydrogens is 280 g/mol. The van der Waals surface area contributed by atoms with Crippen molar-refractivity contribution < 1.29 is 4.74 Å². The second kappa shape index (κ2) is 8.15. The summed E-state index contributed by atoms with van der Waals surface area (Å²) in [6.45, 7) is 9.07. The predicted octanol–water partition coefficient (Wildman–Crippen LogP) is 4.27. The maximum atomic E-state index is 5.62. The molecule has 4 heteroatoms. The molecule has 114 valence electrons. The lowest BCUT2D eigenvalue weighted by molar-refractivity contribution is 0.317. The molecule has 0 bridgehead atoms. The molecule has 0 aliphatic carbocycles. The lowest BCUT2D eigenvalue weighted by atomic mass is 10.2. The number of aryl methyl sites for hydroxylation is 1. The zero-order chi connectivity index (χ0) is 15.1. The number of rotatable bonds is 8. The summed E-state index contributed by atoms with van der Waals surface area (Å²) in [5.74, 6) is 0.931. The highest BCUT2D eigenvalue weighted by Gasteiger charge is 2.11. The summed E-state index contributed by atoms with van der Waals surface area (Å²) in [5, 5.41) is 4.49. The van der Waals surface area contributed by atoms with Gasteiger partial charge >= 0.3 is 0 Å². The van der Waals surface area contributed by atoms with Crippen LogP contribution in [0.3, 0.4) is 0 Å². The van der Waals surface area contributed by atoms with Crippen LogP contribution in [-0.4, -0.2) is 18.1 Å². The molecule has 1 aromatic heterocycles. The number of aromatic nitrogens is 1. The maximum absolute atomic E-state index is 5.62. The fraction of sp³-hybridized carbons (Fsp3) is 0.471. The minimum atomic E-state index is 0.767. The van der Waals surface area contributed by atoms with Crippen molar-refractivity contribution in [1.29, 1.82) is 0 Å². The van der Waals surface area contributed by atoms with Gasteiger partial charge in [0.15, 0.2) is 0 Å². The molecule has 0 atom stereocenters. The minimum absolute atomic E-state index is 0.767. The van der Waals surface area contributed by atoms with Crippen LogP contribution in [0.2, 0.25) is 0 Å². The van der Waals surface area contributed by atoms with Gasteiger partial charge in [-0.05, 0) is 43.7 Å². The van der Waals surface area contributed by atoms with Gasteiger partial charge in [-0.15, -0.1) is 11.3 Å². The van der Waals surface area contributed by atoms with Gasteiger partial charge in [-0.25, -0.2) is 4.98 Å². The molecular formula is C17H24N2OS. The smallest absolute Gasteiger partial charge is 0.123 e. The second-order valence-electron chi connectivity index (χ2n) is 4.90. The first kappa shape index (κ1) is 16.0. The van der Waals surface area contributed by atoms with Crippen LogP contribution in [0.1, 0.15) is 37.8 Å². The highest BCUT2D eigenvalue weighted by molar-refractivity contribution is 7.15. The van der Waals surface area contributed by atoms with Crippen LogP contribution in [0, 0.1) is 0 Å². The molecule has 0 radical (unpaired) electrons. The molecule has 2 rings (SSSR count). The van der Waals surface area contributed by atoms with Crippen molar-refractivity contribution in [2.45, 2.75) is 40.2 Å². The van der Waals surface area contributed by atoms with Crippen LogP contribution >= 0.6 is 11.3 Å². The van der Waals surface area contributed by atoms with Gasteiger partial charge in [0, 0.05) is 17.0 Å². The molecule has 0 spiro atoms.